The summed E-state index contributed by atoms with van der Waals surface area (Å²) in [5.41, 5.74) is 5.54. The van der Waals surface area contributed by atoms with Crippen molar-refractivity contribution >= 4 is 57.6 Å². The van der Waals surface area contributed by atoms with Crippen molar-refractivity contribution < 1.29 is 28.4 Å². The predicted octanol–water partition coefficient (Wildman–Crippen LogP) is 5.16. The van der Waals surface area contributed by atoms with Crippen molar-refractivity contribution in [1.82, 2.24) is 39.8 Å². The van der Waals surface area contributed by atoms with E-state index in [1.54, 1.807) is 29.2 Å². The van der Waals surface area contributed by atoms with Gasteiger partial charge in [-0.25, -0.2) is 9.37 Å². The summed E-state index contributed by atoms with van der Waals surface area (Å²) >= 11 is 0. The topological polar surface area (TPSA) is 166 Å². The summed E-state index contributed by atoms with van der Waals surface area (Å²) in [6.07, 6.45) is 8.14. The Balaban J connectivity index is 0.702. The lowest BCUT2D eigenvalue weighted by atomic mass is 9.94. The van der Waals surface area contributed by atoms with Gasteiger partial charge in [0.05, 0.1) is 11.1 Å². The van der Waals surface area contributed by atoms with Crippen LogP contribution in [0.25, 0.3) is 21.9 Å². The van der Waals surface area contributed by atoms with Crippen LogP contribution in [-0.2, 0) is 27.3 Å². The van der Waals surface area contributed by atoms with Gasteiger partial charge < -0.3 is 20.0 Å². The summed E-state index contributed by atoms with van der Waals surface area (Å²) in [5.74, 6) is -0.518. The van der Waals surface area contributed by atoms with E-state index < -0.39 is 29.7 Å². The number of nitrogens with zero attached hydrogens (tertiary/aromatic N) is 8. The number of imide groups is 2. The lowest BCUT2D eigenvalue weighted by Crippen LogP contribution is -2.54. The Kier molecular flexibility index (Phi) is 10.5. The van der Waals surface area contributed by atoms with Gasteiger partial charge in [0.25, 0.3) is 11.8 Å². The Labute approximate surface area is 363 Å². The molecule has 1 unspecified atom stereocenters. The Morgan fingerprint density at radius 1 is 0.746 bits per heavy atom. The average Bonchev–Trinajstić information content (AvgIpc) is 3.70. The molecule has 3 aromatic heterocycles. The molecule has 0 radical (unpaired) electrons. The first-order valence-electron chi connectivity index (χ1n) is 21.9. The van der Waals surface area contributed by atoms with E-state index in [1.165, 1.54) is 6.07 Å². The second-order valence-electron chi connectivity index (χ2n) is 17.7. The highest BCUT2D eigenvalue weighted by Gasteiger charge is 2.45. The molecule has 8 heterocycles. The van der Waals surface area contributed by atoms with E-state index in [4.69, 9.17) is 5.10 Å². The maximum absolute atomic E-state index is 15.2. The summed E-state index contributed by atoms with van der Waals surface area (Å²) in [7, 11) is 0. The maximum Gasteiger partial charge on any atom is 0.262 e. The first kappa shape index (κ1) is 40.5. The largest absolute Gasteiger partial charge is 0.371 e. The van der Waals surface area contributed by atoms with Crippen molar-refractivity contribution in [3.05, 3.63) is 94.8 Å². The van der Waals surface area contributed by atoms with Gasteiger partial charge >= 0.3 is 0 Å². The van der Waals surface area contributed by atoms with Crippen molar-refractivity contribution in [2.75, 3.05) is 49.5 Å². The van der Waals surface area contributed by atoms with Gasteiger partial charge in [0.2, 0.25) is 17.7 Å². The molecule has 3 saturated heterocycles. The number of aryl methyl sites for hydroxylation is 2. The molecule has 1 atom stereocenters. The number of anilines is 3. The highest BCUT2D eigenvalue weighted by atomic mass is 19.1. The predicted molar refractivity (Wildman–Crippen MR) is 233 cm³/mol. The molecular formula is C47H49FN10O5. The molecule has 10 rings (SSSR count). The molecule has 63 heavy (non-hydrogen) atoms. The molecule has 5 amide bonds. The number of piperidine rings is 3. The highest BCUT2D eigenvalue weighted by molar-refractivity contribution is 6.23. The normalized spacial score (nSPS) is 20.3. The molecule has 16 heteroatoms. The summed E-state index contributed by atoms with van der Waals surface area (Å²) < 4.78 is 17.0. The Morgan fingerprint density at radius 3 is 2.32 bits per heavy atom. The molecule has 2 N–H and O–H groups in total. The second kappa shape index (κ2) is 16.3. The second-order valence-corrected chi connectivity index (χ2v) is 17.7. The molecule has 0 aliphatic carbocycles. The third-order valence-corrected chi connectivity index (χ3v) is 13.6. The fraction of sp³-hybridized carbons (Fsp3) is 0.404. The van der Waals surface area contributed by atoms with Crippen molar-refractivity contribution in [3.8, 4) is 11.1 Å². The minimum Gasteiger partial charge on any atom is -0.371 e. The third kappa shape index (κ3) is 7.81. The average molecular weight is 853 g/mol. The fourth-order valence-corrected chi connectivity index (χ4v) is 10.2. The standard InChI is InChI=1S/C47H49FN10O5/c1-27-17-28(2)49-24-38(27)36-18-30-20-41(50-23-31(30)19-39(36)48)51-42-22-34-11-16-56(44(60)26-57(34)53-42)32-9-12-54(13-10-32)25-29-7-14-55(15-8-29)33-3-4-35-37(21-33)47(63)58(46(35)62)40-5-6-43(59)52-45(40)61/h3-4,17-24,29,32,40H,5-16,25-26H2,1-2H3,(H,50,51,53)(H,52,59,61). The highest BCUT2D eigenvalue weighted by Crippen LogP contribution is 2.34. The molecule has 5 aromatic rings. The number of amides is 5. The smallest absolute Gasteiger partial charge is 0.262 e. The number of carbonyl (C=O) groups is 5. The van der Waals surface area contributed by atoms with Gasteiger partial charge in [-0.3, -0.25) is 43.9 Å². The number of halogens is 1. The lowest BCUT2D eigenvalue weighted by molar-refractivity contribution is -0.136. The zero-order valence-electron chi connectivity index (χ0n) is 35.4. The lowest BCUT2D eigenvalue weighted by Gasteiger charge is -2.41. The summed E-state index contributed by atoms with van der Waals surface area (Å²) in [6, 6.07) is 13.7. The zero-order chi connectivity index (χ0) is 43.5. The van der Waals surface area contributed by atoms with E-state index >= 15 is 4.39 Å². The van der Waals surface area contributed by atoms with E-state index in [-0.39, 0.29) is 37.2 Å². The van der Waals surface area contributed by atoms with Gasteiger partial charge in [0.15, 0.2) is 5.82 Å². The SMILES string of the molecule is Cc1cc(C)c(-c2cc3cc(Nc4cc5n(n4)CC(=O)N(C4CCN(CC6CCN(c7ccc8c(c7)C(=O)N(C7CCC(=O)NC7=O)C8=O)CC6)CC4)CC5)ncc3cc2F)cn1. The van der Waals surface area contributed by atoms with Crippen LogP contribution in [0.2, 0.25) is 0 Å². The van der Waals surface area contributed by atoms with E-state index in [9.17, 15) is 24.0 Å². The van der Waals surface area contributed by atoms with Crippen molar-refractivity contribution in [2.45, 2.75) is 77.4 Å². The van der Waals surface area contributed by atoms with Crippen LogP contribution in [0.15, 0.2) is 60.9 Å². The van der Waals surface area contributed by atoms with Crippen LogP contribution in [0.4, 0.5) is 21.7 Å². The molecule has 0 saturated carbocycles. The Hall–Kier alpha value is -6.55. The first-order chi connectivity index (χ1) is 30.4. The molecule has 324 valence electrons. The maximum atomic E-state index is 15.2. The van der Waals surface area contributed by atoms with Gasteiger partial charge in [0.1, 0.15) is 24.2 Å². The number of likely N-dealkylation sites (tertiary alicyclic amines) is 1. The van der Waals surface area contributed by atoms with Crippen LogP contribution >= 0.6 is 0 Å². The van der Waals surface area contributed by atoms with Gasteiger partial charge in [0, 0.05) is 110 Å². The third-order valence-electron chi connectivity index (χ3n) is 13.6. The number of hydrogen-bond acceptors (Lipinski definition) is 11. The minimum atomic E-state index is -0.979. The molecular weight excluding hydrogens is 804 g/mol. The van der Waals surface area contributed by atoms with Crippen LogP contribution in [0.5, 0.6) is 0 Å². The van der Waals surface area contributed by atoms with Gasteiger partial charge in [-0.05, 0) is 105 Å². The van der Waals surface area contributed by atoms with Crippen molar-refractivity contribution in [3.63, 3.8) is 0 Å². The number of nitrogens with one attached hydrogen (secondary N) is 2. The van der Waals surface area contributed by atoms with E-state index in [0.717, 1.165) is 96.9 Å². The number of benzene rings is 2. The number of carbonyl (C=O) groups excluding carboxylic acids is 5. The minimum absolute atomic E-state index is 0.0785. The summed E-state index contributed by atoms with van der Waals surface area (Å²) in [4.78, 5) is 81.1. The molecule has 2 aromatic carbocycles. The molecule has 3 fully saturated rings. The van der Waals surface area contributed by atoms with Crippen LogP contribution in [0.3, 0.4) is 0 Å². The molecule has 15 nitrogen and oxygen atoms in total. The van der Waals surface area contributed by atoms with Gasteiger partial charge in [-0.2, -0.15) is 5.10 Å². The fourth-order valence-electron chi connectivity index (χ4n) is 10.2. The van der Waals surface area contributed by atoms with Crippen LogP contribution < -0.4 is 15.5 Å². The van der Waals surface area contributed by atoms with E-state index in [2.05, 4.69) is 35.3 Å². The van der Waals surface area contributed by atoms with Gasteiger partial charge in [-0.1, -0.05) is 0 Å². The summed E-state index contributed by atoms with van der Waals surface area (Å²) in [5, 5.41) is 11.8. The number of hydrogen-bond donors (Lipinski definition) is 2. The molecule has 5 aliphatic heterocycles. The van der Waals surface area contributed by atoms with Crippen molar-refractivity contribution in [1.29, 1.82) is 0 Å². The zero-order valence-corrected chi connectivity index (χ0v) is 35.4. The van der Waals surface area contributed by atoms with Crippen molar-refractivity contribution in [2.24, 2.45) is 5.92 Å². The van der Waals surface area contributed by atoms with Crippen LogP contribution in [0, 0.1) is 25.6 Å². The number of aromatic nitrogens is 4. The number of pyridine rings is 2. The first-order valence-corrected chi connectivity index (χ1v) is 21.9. The quantitative estimate of drug-likeness (QED) is 0.198. The van der Waals surface area contributed by atoms with Gasteiger partial charge in [-0.15, -0.1) is 0 Å². The van der Waals surface area contributed by atoms with E-state index in [0.29, 0.717) is 52.6 Å². The van der Waals surface area contributed by atoms with E-state index in [1.807, 2.05) is 44.2 Å². The summed E-state index contributed by atoms with van der Waals surface area (Å²) in [6.45, 7) is 9.24. The monoisotopic (exact) mass is 852 g/mol. The molecule has 0 bridgehead atoms. The Bertz CT molecular complexity index is 2700. The Morgan fingerprint density at radius 2 is 1.54 bits per heavy atom. The van der Waals surface area contributed by atoms with Crippen LogP contribution in [-0.4, -0.2) is 115 Å². The number of fused-ring (bicyclic) bond motifs is 3. The molecule has 0 spiro atoms. The van der Waals surface area contributed by atoms with Crippen LogP contribution in [0.1, 0.15) is 76.2 Å². The number of rotatable bonds is 8. The molecule has 5 aliphatic rings.